The monoisotopic (exact) mass is 113 g/mol. The largest absolute Gasteiger partial charge is 0.367 e. The fourth-order valence-electron chi connectivity index (χ4n) is 0.388. The standard InChI is InChI=1S/C5H7NO2/c6-5-3-1-2-4-7-8-5/h1-3H,4,6H2. The Bertz CT molecular complexity index is 128. The van der Waals surface area contributed by atoms with Crippen molar-refractivity contribution in [3.63, 3.8) is 0 Å². The van der Waals surface area contributed by atoms with Gasteiger partial charge in [-0.15, -0.1) is 0 Å². The second-order valence-electron chi connectivity index (χ2n) is 1.37. The number of hydrogen-bond donors (Lipinski definition) is 1. The molecule has 1 heterocycles. The van der Waals surface area contributed by atoms with Crippen molar-refractivity contribution < 1.29 is 9.78 Å². The molecule has 8 heavy (non-hydrogen) atoms. The van der Waals surface area contributed by atoms with Crippen LogP contribution in [0.25, 0.3) is 0 Å². The maximum absolute atomic E-state index is 5.20. The van der Waals surface area contributed by atoms with E-state index >= 15 is 0 Å². The molecule has 1 rings (SSSR count). The summed E-state index contributed by atoms with van der Waals surface area (Å²) < 4.78 is 0. The summed E-state index contributed by atoms with van der Waals surface area (Å²) in [6.07, 6.45) is 5.22. The molecule has 0 radical (unpaired) electrons. The Kier molecular flexibility index (Phi) is 1.54. The zero-order chi connectivity index (χ0) is 5.82. The van der Waals surface area contributed by atoms with Crippen molar-refractivity contribution in [3.05, 3.63) is 24.1 Å². The minimum atomic E-state index is 0.291. The van der Waals surface area contributed by atoms with Gasteiger partial charge in [-0.05, 0) is 0 Å². The molecule has 1 aliphatic heterocycles. The maximum atomic E-state index is 5.20. The first-order valence-corrected chi connectivity index (χ1v) is 2.31. The molecule has 0 aromatic heterocycles. The van der Waals surface area contributed by atoms with Gasteiger partial charge in [0.05, 0.1) is 0 Å². The van der Waals surface area contributed by atoms with Crippen molar-refractivity contribution in [1.29, 1.82) is 0 Å². The normalized spacial score (nSPS) is 18.8. The van der Waals surface area contributed by atoms with Crippen molar-refractivity contribution in [2.75, 3.05) is 6.61 Å². The zero-order valence-electron chi connectivity index (χ0n) is 4.33. The van der Waals surface area contributed by atoms with Crippen LogP contribution in [0.2, 0.25) is 0 Å². The molecule has 0 spiro atoms. The molecule has 0 aliphatic carbocycles. The third kappa shape index (κ3) is 1.27. The number of nitrogens with two attached hydrogens (primary N) is 1. The lowest BCUT2D eigenvalue weighted by atomic mass is 10.5. The predicted molar refractivity (Wildman–Crippen MR) is 28.4 cm³/mol. The molecular weight excluding hydrogens is 106 g/mol. The van der Waals surface area contributed by atoms with Gasteiger partial charge in [-0.1, -0.05) is 12.2 Å². The second-order valence-corrected chi connectivity index (χ2v) is 1.37. The van der Waals surface area contributed by atoms with Crippen LogP contribution in [-0.4, -0.2) is 6.61 Å². The highest BCUT2D eigenvalue weighted by Gasteiger charge is 1.90. The maximum Gasteiger partial charge on any atom is 0.227 e. The fourth-order valence-corrected chi connectivity index (χ4v) is 0.388. The molecule has 0 amide bonds. The Morgan fingerprint density at radius 1 is 1.62 bits per heavy atom. The summed E-state index contributed by atoms with van der Waals surface area (Å²) in [5.41, 5.74) is 5.20. The van der Waals surface area contributed by atoms with Crippen LogP contribution < -0.4 is 5.73 Å². The molecule has 44 valence electrons. The number of allylic oxidation sites excluding steroid dienone is 2. The van der Waals surface area contributed by atoms with E-state index in [2.05, 4.69) is 9.78 Å². The van der Waals surface area contributed by atoms with Gasteiger partial charge in [-0.25, -0.2) is 0 Å². The summed E-state index contributed by atoms with van der Waals surface area (Å²) in [6, 6.07) is 0. The summed E-state index contributed by atoms with van der Waals surface area (Å²) >= 11 is 0. The minimum absolute atomic E-state index is 0.291. The van der Waals surface area contributed by atoms with Gasteiger partial charge >= 0.3 is 0 Å². The van der Waals surface area contributed by atoms with Gasteiger partial charge in [-0.3, -0.25) is 0 Å². The van der Waals surface area contributed by atoms with Gasteiger partial charge in [0.15, 0.2) is 0 Å². The highest BCUT2D eigenvalue weighted by atomic mass is 17.2. The van der Waals surface area contributed by atoms with Crippen molar-refractivity contribution in [1.82, 2.24) is 0 Å². The SMILES string of the molecule is NC1=CC=CCOO1. The molecular formula is C5H7NO2. The van der Waals surface area contributed by atoms with Gasteiger partial charge in [0.2, 0.25) is 5.88 Å². The molecule has 0 fully saturated rings. The molecule has 2 N–H and O–H groups in total. The van der Waals surface area contributed by atoms with Crippen LogP contribution >= 0.6 is 0 Å². The van der Waals surface area contributed by atoms with E-state index in [0.717, 1.165) is 0 Å². The lowest BCUT2D eigenvalue weighted by molar-refractivity contribution is -0.252. The van der Waals surface area contributed by atoms with E-state index in [1.165, 1.54) is 0 Å². The minimum Gasteiger partial charge on any atom is -0.367 e. The van der Waals surface area contributed by atoms with Crippen LogP contribution in [0.1, 0.15) is 0 Å². The molecule has 3 nitrogen and oxygen atoms in total. The Morgan fingerprint density at radius 3 is 3.38 bits per heavy atom. The summed E-state index contributed by atoms with van der Waals surface area (Å²) in [5.74, 6) is 0.291. The van der Waals surface area contributed by atoms with Gasteiger partial charge in [0.1, 0.15) is 6.61 Å². The van der Waals surface area contributed by atoms with Crippen molar-refractivity contribution in [2.24, 2.45) is 5.73 Å². The van der Waals surface area contributed by atoms with Crippen molar-refractivity contribution in [2.45, 2.75) is 0 Å². The van der Waals surface area contributed by atoms with E-state index in [9.17, 15) is 0 Å². The Labute approximate surface area is 47.3 Å². The fraction of sp³-hybridized carbons (Fsp3) is 0.200. The van der Waals surface area contributed by atoms with E-state index in [1.54, 1.807) is 18.2 Å². The highest BCUT2D eigenvalue weighted by molar-refractivity contribution is 5.05. The predicted octanol–water partition coefficient (Wildman–Crippen LogP) is 0.305. The van der Waals surface area contributed by atoms with E-state index in [-0.39, 0.29) is 0 Å². The first-order chi connectivity index (χ1) is 3.89. The quantitative estimate of drug-likeness (QED) is 0.459. The van der Waals surface area contributed by atoms with Crippen LogP contribution in [0.4, 0.5) is 0 Å². The van der Waals surface area contributed by atoms with Crippen molar-refractivity contribution >= 4 is 0 Å². The molecule has 0 unspecified atom stereocenters. The van der Waals surface area contributed by atoms with E-state index < -0.39 is 0 Å². The van der Waals surface area contributed by atoms with E-state index in [4.69, 9.17) is 5.73 Å². The molecule has 0 aromatic rings. The molecule has 0 saturated carbocycles. The summed E-state index contributed by atoms with van der Waals surface area (Å²) in [6.45, 7) is 0.456. The van der Waals surface area contributed by atoms with Gasteiger partial charge < -0.3 is 10.6 Å². The van der Waals surface area contributed by atoms with Gasteiger partial charge in [0.25, 0.3) is 0 Å². The first kappa shape index (κ1) is 5.18. The first-order valence-electron chi connectivity index (χ1n) is 2.31. The van der Waals surface area contributed by atoms with Crippen LogP contribution in [0.5, 0.6) is 0 Å². The summed E-state index contributed by atoms with van der Waals surface area (Å²) in [7, 11) is 0. The van der Waals surface area contributed by atoms with Crippen LogP contribution in [0.3, 0.4) is 0 Å². The molecule has 0 aromatic carbocycles. The number of rotatable bonds is 0. The smallest absolute Gasteiger partial charge is 0.227 e. The molecule has 0 atom stereocenters. The molecule has 1 aliphatic rings. The average Bonchev–Trinajstić information content (AvgIpc) is 1.94. The Balaban J connectivity index is 2.52. The van der Waals surface area contributed by atoms with Gasteiger partial charge in [-0.2, -0.15) is 4.89 Å². The van der Waals surface area contributed by atoms with E-state index in [1.807, 2.05) is 0 Å². The lowest BCUT2D eigenvalue weighted by Crippen LogP contribution is -2.01. The van der Waals surface area contributed by atoms with Crippen LogP contribution in [0.15, 0.2) is 24.1 Å². The zero-order valence-corrected chi connectivity index (χ0v) is 4.33. The van der Waals surface area contributed by atoms with Crippen LogP contribution in [-0.2, 0) is 9.78 Å². The van der Waals surface area contributed by atoms with Crippen molar-refractivity contribution in [3.8, 4) is 0 Å². The van der Waals surface area contributed by atoms with Gasteiger partial charge in [0, 0.05) is 6.08 Å². The third-order valence-electron chi connectivity index (χ3n) is 0.716. The lowest BCUT2D eigenvalue weighted by Gasteiger charge is -1.96. The average molecular weight is 113 g/mol. The third-order valence-corrected chi connectivity index (χ3v) is 0.716. The molecule has 3 heteroatoms. The molecule has 0 bridgehead atoms. The van der Waals surface area contributed by atoms with E-state index in [0.29, 0.717) is 12.5 Å². The summed E-state index contributed by atoms with van der Waals surface area (Å²) in [5, 5.41) is 0. The topological polar surface area (TPSA) is 44.5 Å². The highest BCUT2D eigenvalue weighted by Crippen LogP contribution is 1.94. The Morgan fingerprint density at radius 2 is 2.50 bits per heavy atom. The van der Waals surface area contributed by atoms with Crippen LogP contribution in [0, 0.1) is 0 Å². The molecule has 0 saturated heterocycles. The summed E-state index contributed by atoms with van der Waals surface area (Å²) in [4.78, 5) is 9.01. The second kappa shape index (κ2) is 2.37. The number of hydrogen-bond acceptors (Lipinski definition) is 3. The Hall–Kier alpha value is -0.960.